The van der Waals surface area contributed by atoms with Gasteiger partial charge in [0.25, 0.3) is 0 Å². The van der Waals surface area contributed by atoms with E-state index in [1.807, 2.05) is 7.05 Å². The predicted octanol–water partition coefficient (Wildman–Crippen LogP) is 2.71. The fraction of sp³-hybridized carbons (Fsp3) is 0.714. The van der Waals surface area contributed by atoms with Gasteiger partial charge in [-0.2, -0.15) is 0 Å². The largest absolute Gasteiger partial charge is 0.373 e. The zero-order valence-corrected chi connectivity index (χ0v) is 11.7. The molecular weight excluding hydrogens is 224 g/mol. The van der Waals surface area contributed by atoms with Crippen LogP contribution in [0.1, 0.15) is 38.7 Å². The third kappa shape index (κ3) is 2.92. The van der Waals surface area contributed by atoms with Gasteiger partial charge in [0.05, 0.1) is 0 Å². The molecule has 0 unspecified atom stereocenters. The van der Waals surface area contributed by atoms with Crippen molar-refractivity contribution in [2.45, 2.75) is 39.5 Å². The van der Waals surface area contributed by atoms with Crippen LogP contribution in [0.4, 0.5) is 11.6 Å². The molecule has 4 nitrogen and oxygen atoms in total. The van der Waals surface area contributed by atoms with Crippen LogP contribution in [-0.4, -0.2) is 30.1 Å². The first-order valence-electron chi connectivity index (χ1n) is 7.06. The van der Waals surface area contributed by atoms with E-state index in [2.05, 4.69) is 34.0 Å². The van der Waals surface area contributed by atoms with Crippen molar-refractivity contribution in [1.82, 2.24) is 9.97 Å². The summed E-state index contributed by atoms with van der Waals surface area (Å²) in [6.45, 7) is 6.64. The van der Waals surface area contributed by atoms with Crippen molar-refractivity contribution >= 4 is 11.6 Å². The summed E-state index contributed by atoms with van der Waals surface area (Å²) >= 11 is 0. The average molecular weight is 248 g/mol. The second kappa shape index (κ2) is 6.03. The summed E-state index contributed by atoms with van der Waals surface area (Å²) < 4.78 is 0. The first-order valence-corrected chi connectivity index (χ1v) is 7.06. The van der Waals surface area contributed by atoms with Crippen LogP contribution in [0.3, 0.4) is 0 Å². The van der Waals surface area contributed by atoms with Crippen LogP contribution in [0.2, 0.25) is 0 Å². The number of nitrogens with one attached hydrogen (secondary N) is 1. The Labute approximate surface area is 110 Å². The van der Waals surface area contributed by atoms with Crippen LogP contribution in [0.5, 0.6) is 0 Å². The van der Waals surface area contributed by atoms with E-state index in [0.717, 1.165) is 43.5 Å². The third-order valence-corrected chi connectivity index (χ3v) is 3.48. The molecule has 100 valence electrons. The molecule has 2 rings (SSSR count). The summed E-state index contributed by atoms with van der Waals surface area (Å²) in [4.78, 5) is 11.3. The lowest BCUT2D eigenvalue weighted by atomic mass is 10.2. The smallest absolute Gasteiger partial charge is 0.137 e. The summed E-state index contributed by atoms with van der Waals surface area (Å²) in [6.07, 6.45) is 6.57. The van der Waals surface area contributed by atoms with Crippen LogP contribution < -0.4 is 10.2 Å². The van der Waals surface area contributed by atoms with Gasteiger partial charge in [-0.15, -0.1) is 0 Å². The number of aromatic nitrogens is 2. The molecule has 18 heavy (non-hydrogen) atoms. The van der Waals surface area contributed by atoms with Crippen molar-refractivity contribution in [2.24, 2.45) is 5.92 Å². The predicted molar refractivity (Wildman–Crippen MR) is 76.2 cm³/mol. The molecule has 0 aromatic carbocycles. The Kier molecular flexibility index (Phi) is 4.39. The highest BCUT2D eigenvalue weighted by molar-refractivity contribution is 5.58. The van der Waals surface area contributed by atoms with Crippen molar-refractivity contribution in [3.63, 3.8) is 0 Å². The minimum Gasteiger partial charge on any atom is -0.373 e. The van der Waals surface area contributed by atoms with Gasteiger partial charge < -0.3 is 10.2 Å². The van der Waals surface area contributed by atoms with Crippen molar-refractivity contribution < 1.29 is 0 Å². The maximum atomic E-state index is 4.53. The Morgan fingerprint density at radius 2 is 2.11 bits per heavy atom. The molecule has 1 heterocycles. The van der Waals surface area contributed by atoms with Crippen LogP contribution in [0.15, 0.2) is 6.33 Å². The van der Waals surface area contributed by atoms with Crippen molar-refractivity contribution in [3.8, 4) is 0 Å². The first-order chi connectivity index (χ1) is 8.80. The van der Waals surface area contributed by atoms with E-state index in [4.69, 9.17) is 0 Å². The van der Waals surface area contributed by atoms with E-state index >= 15 is 0 Å². The molecule has 0 radical (unpaired) electrons. The van der Waals surface area contributed by atoms with Gasteiger partial charge in [-0.3, -0.25) is 0 Å². The summed E-state index contributed by atoms with van der Waals surface area (Å²) in [7, 11) is 1.93. The molecule has 0 aliphatic heterocycles. The Morgan fingerprint density at radius 3 is 2.67 bits per heavy atom. The maximum Gasteiger partial charge on any atom is 0.137 e. The van der Waals surface area contributed by atoms with Crippen LogP contribution in [0.25, 0.3) is 0 Å². The second-order valence-electron chi connectivity index (χ2n) is 5.02. The molecule has 0 bridgehead atoms. The molecule has 0 atom stereocenters. The van der Waals surface area contributed by atoms with E-state index < -0.39 is 0 Å². The van der Waals surface area contributed by atoms with Crippen LogP contribution >= 0.6 is 0 Å². The Bertz CT molecular complexity index is 387. The Hall–Kier alpha value is -1.32. The number of hydrogen-bond acceptors (Lipinski definition) is 4. The van der Waals surface area contributed by atoms with Gasteiger partial charge in [-0.1, -0.05) is 13.8 Å². The van der Waals surface area contributed by atoms with Gasteiger partial charge in [-0.05, 0) is 31.6 Å². The molecule has 0 spiro atoms. The topological polar surface area (TPSA) is 41.1 Å². The Balaban J connectivity index is 2.26. The average Bonchev–Trinajstić information content (AvgIpc) is 3.21. The van der Waals surface area contributed by atoms with Gasteiger partial charge in [0.2, 0.25) is 0 Å². The SMILES string of the molecule is CCCN(CC1CC1)c1ncnc(NC)c1CC. The molecule has 1 aromatic heterocycles. The van der Waals surface area contributed by atoms with Crippen molar-refractivity contribution in [1.29, 1.82) is 0 Å². The Morgan fingerprint density at radius 1 is 1.33 bits per heavy atom. The van der Waals surface area contributed by atoms with E-state index in [0.29, 0.717) is 0 Å². The summed E-state index contributed by atoms with van der Waals surface area (Å²) in [5.74, 6) is 2.99. The number of nitrogens with zero attached hydrogens (tertiary/aromatic N) is 3. The third-order valence-electron chi connectivity index (χ3n) is 3.48. The highest BCUT2D eigenvalue weighted by Crippen LogP contribution is 2.32. The summed E-state index contributed by atoms with van der Waals surface area (Å²) in [5.41, 5.74) is 1.24. The van der Waals surface area contributed by atoms with Gasteiger partial charge >= 0.3 is 0 Å². The summed E-state index contributed by atoms with van der Waals surface area (Å²) in [5, 5.41) is 3.18. The number of hydrogen-bond donors (Lipinski definition) is 1. The van der Waals surface area contributed by atoms with E-state index in [1.54, 1.807) is 6.33 Å². The zero-order valence-electron chi connectivity index (χ0n) is 11.7. The van der Waals surface area contributed by atoms with E-state index in [9.17, 15) is 0 Å². The maximum absolute atomic E-state index is 4.53. The molecule has 1 saturated carbocycles. The zero-order chi connectivity index (χ0) is 13.0. The van der Waals surface area contributed by atoms with Gasteiger partial charge in [0, 0.05) is 25.7 Å². The van der Waals surface area contributed by atoms with E-state index in [1.165, 1.54) is 18.4 Å². The fourth-order valence-electron chi connectivity index (χ4n) is 2.38. The van der Waals surface area contributed by atoms with Crippen LogP contribution in [-0.2, 0) is 6.42 Å². The number of rotatable bonds is 7. The minimum absolute atomic E-state index is 0.884. The monoisotopic (exact) mass is 248 g/mol. The minimum atomic E-state index is 0.884. The van der Waals surface area contributed by atoms with Crippen molar-refractivity contribution in [2.75, 3.05) is 30.4 Å². The molecular formula is C14H24N4. The quantitative estimate of drug-likeness (QED) is 0.805. The lowest BCUT2D eigenvalue weighted by Gasteiger charge is -2.26. The molecule has 4 heteroatoms. The number of anilines is 2. The lowest BCUT2D eigenvalue weighted by Crippen LogP contribution is -2.29. The van der Waals surface area contributed by atoms with Crippen LogP contribution in [0, 0.1) is 5.92 Å². The molecule has 0 amide bonds. The molecule has 1 fully saturated rings. The molecule has 0 saturated heterocycles. The first kappa shape index (κ1) is 13.1. The molecule has 1 aromatic rings. The highest BCUT2D eigenvalue weighted by Gasteiger charge is 2.26. The molecule has 1 aliphatic carbocycles. The highest BCUT2D eigenvalue weighted by atomic mass is 15.2. The van der Waals surface area contributed by atoms with Gasteiger partial charge in [0.15, 0.2) is 0 Å². The second-order valence-corrected chi connectivity index (χ2v) is 5.02. The molecule has 1 N–H and O–H groups in total. The van der Waals surface area contributed by atoms with Gasteiger partial charge in [-0.25, -0.2) is 9.97 Å². The van der Waals surface area contributed by atoms with E-state index in [-0.39, 0.29) is 0 Å². The lowest BCUT2D eigenvalue weighted by molar-refractivity contribution is 0.693. The van der Waals surface area contributed by atoms with Crippen molar-refractivity contribution in [3.05, 3.63) is 11.9 Å². The fourth-order valence-corrected chi connectivity index (χ4v) is 2.38. The standard InChI is InChI=1S/C14H24N4/c1-4-8-18(9-11-6-7-11)14-12(5-2)13(15-3)16-10-17-14/h10-11H,4-9H2,1-3H3,(H,15,16,17). The molecule has 1 aliphatic rings. The van der Waals surface area contributed by atoms with Gasteiger partial charge in [0.1, 0.15) is 18.0 Å². The normalized spacial score (nSPS) is 14.6. The summed E-state index contributed by atoms with van der Waals surface area (Å²) in [6, 6.07) is 0.